The summed E-state index contributed by atoms with van der Waals surface area (Å²) in [6.07, 6.45) is 7.83. The quantitative estimate of drug-likeness (QED) is 0.627. The molecule has 1 aliphatic carbocycles. The number of benzene rings is 1. The summed E-state index contributed by atoms with van der Waals surface area (Å²) in [5, 5.41) is 4.01. The lowest BCUT2D eigenvalue weighted by Gasteiger charge is -2.23. The fourth-order valence-corrected chi connectivity index (χ4v) is 3.34. The first-order valence-corrected chi connectivity index (χ1v) is 8.78. The lowest BCUT2D eigenvalue weighted by atomic mass is 9.93. The van der Waals surface area contributed by atoms with Crippen molar-refractivity contribution in [2.75, 3.05) is 0 Å². The summed E-state index contributed by atoms with van der Waals surface area (Å²) in [6, 6.07) is 8.09. The first-order chi connectivity index (χ1) is 9.70. The zero-order valence-electron chi connectivity index (χ0n) is 12.2. The van der Waals surface area contributed by atoms with Gasteiger partial charge >= 0.3 is 0 Å². The van der Waals surface area contributed by atoms with E-state index in [-0.39, 0.29) is 11.9 Å². The van der Waals surface area contributed by atoms with Gasteiger partial charge in [0.25, 0.3) is 5.91 Å². The molecule has 0 heterocycles. The van der Waals surface area contributed by atoms with Crippen LogP contribution in [0.15, 0.2) is 24.3 Å². The maximum Gasteiger partial charge on any atom is 0.251 e. The molecule has 2 nitrogen and oxygen atoms in total. The largest absolute Gasteiger partial charge is 0.349 e. The summed E-state index contributed by atoms with van der Waals surface area (Å²) in [5.41, 5.74) is 1.95. The minimum atomic E-state index is 0.0582. The van der Waals surface area contributed by atoms with E-state index in [2.05, 4.69) is 28.2 Å². The van der Waals surface area contributed by atoms with Crippen LogP contribution in [-0.2, 0) is 5.33 Å². The van der Waals surface area contributed by atoms with E-state index in [4.69, 9.17) is 0 Å². The van der Waals surface area contributed by atoms with E-state index in [1.54, 1.807) is 0 Å². The molecule has 0 unspecified atom stereocenters. The number of carbonyl (C=O) groups excluding carboxylic acids is 1. The molecule has 0 aromatic heterocycles. The van der Waals surface area contributed by atoms with Crippen LogP contribution in [0.2, 0.25) is 0 Å². The van der Waals surface area contributed by atoms with Crippen molar-refractivity contribution in [3.8, 4) is 0 Å². The summed E-state index contributed by atoms with van der Waals surface area (Å²) in [6.45, 7) is 2.15. The second kappa shape index (κ2) is 7.82. The molecule has 1 saturated carbocycles. The number of hydrogen-bond acceptors (Lipinski definition) is 1. The summed E-state index contributed by atoms with van der Waals surface area (Å²) < 4.78 is 0. The monoisotopic (exact) mass is 337 g/mol. The second-order valence-corrected chi connectivity index (χ2v) is 6.41. The predicted octanol–water partition coefficient (Wildman–Crippen LogP) is 4.67. The maximum atomic E-state index is 12.3. The Kier molecular flexibility index (Phi) is 6.08. The van der Waals surface area contributed by atoms with Crippen molar-refractivity contribution in [1.29, 1.82) is 0 Å². The fourth-order valence-electron chi connectivity index (χ4n) is 2.96. The van der Waals surface area contributed by atoms with Gasteiger partial charge in [-0.2, -0.15) is 0 Å². The van der Waals surface area contributed by atoms with Crippen LogP contribution in [0.3, 0.4) is 0 Å². The van der Waals surface area contributed by atoms with Crippen LogP contribution in [0.25, 0.3) is 0 Å². The van der Waals surface area contributed by atoms with Crippen LogP contribution in [0.5, 0.6) is 0 Å². The van der Waals surface area contributed by atoms with Gasteiger partial charge in [-0.05, 0) is 43.4 Å². The fraction of sp³-hybridized carbons (Fsp3) is 0.588. The van der Waals surface area contributed by atoms with Crippen molar-refractivity contribution in [3.05, 3.63) is 35.4 Å². The molecular formula is C17H24BrNO. The van der Waals surface area contributed by atoms with Crippen LogP contribution in [0, 0.1) is 5.92 Å². The molecule has 0 saturated heterocycles. The average Bonchev–Trinajstić information content (AvgIpc) is 2.76. The molecule has 1 amide bonds. The third kappa shape index (κ3) is 4.34. The molecule has 3 heteroatoms. The van der Waals surface area contributed by atoms with Crippen molar-refractivity contribution in [1.82, 2.24) is 5.32 Å². The molecule has 0 spiro atoms. The molecule has 0 radical (unpaired) electrons. The topological polar surface area (TPSA) is 29.1 Å². The van der Waals surface area contributed by atoms with Crippen molar-refractivity contribution in [2.45, 2.75) is 56.8 Å². The molecule has 1 N–H and O–H groups in total. The molecule has 1 fully saturated rings. The van der Waals surface area contributed by atoms with Crippen LogP contribution >= 0.6 is 15.9 Å². The van der Waals surface area contributed by atoms with Crippen molar-refractivity contribution in [3.63, 3.8) is 0 Å². The van der Waals surface area contributed by atoms with E-state index in [1.807, 2.05) is 24.3 Å². The van der Waals surface area contributed by atoms with E-state index in [0.717, 1.165) is 10.9 Å². The van der Waals surface area contributed by atoms with Gasteiger partial charge in [0.1, 0.15) is 0 Å². The molecule has 1 aromatic carbocycles. The Morgan fingerprint density at radius 1 is 1.20 bits per heavy atom. The Balaban J connectivity index is 1.91. The smallest absolute Gasteiger partial charge is 0.251 e. The van der Waals surface area contributed by atoms with Crippen LogP contribution < -0.4 is 5.32 Å². The van der Waals surface area contributed by atoms with Gasteiger partial charge in [-0.25, -0.2) is 0 Å². The minimum Gasteiger partial charge on any atom is -0.349 e. The standard InChI is InChI=1S/C17H24BrNO/c1-13(15-6-4-2-3-5-7-15)19-17(20)16-10-8-14(12-18)9-11-16/h8-11,13,15H,2-7,12H2,1H3,(H,19,20)/t13-/m1/s1. The zero-order valence-corrected chi connectivity index (χ0v) is 13.8. The Morgan fingerprint density at radius 3 is 2.35 bits per heavy atom. The van der Waals surface area contributed by atoms with Crippen molar-refractivity contribution >= 4 is 21.8 Å². The third-order valence-corrected chi connectivity index (χ3v) is 4.98. The number of carbonyl (C=O) groups is 1. The summed E-state index contributed by atoms with van der Waals surface area (Å²) in [7, 11) is 0. The second-order valence-electron chi connectivity index (χ2n) is 5.84. The van der Waals surface area contributed by atoms with Gasteiger partial charge in [0.15, 0.2) is 0 Å². The van der Waals surface area contributed by atoms with Gasteiger partial charge in [-0.15, -0.1) is 0 Å². The van der Waals surface area contributed by atoms with E-state index in [1.165, 1.54) is 44.1 Å². The Morgan fingerprint density at radius 2 is 1.80 bits per heavy atom. The minimum absolute atomic E-state index is 0.0582. The highest BCUT2D eigenvalue weighted by Gasteiger charge is 2.20. The lowest BCUT2D eigenvalue weighted by Crippen LogP contribution is -2.38. The Hall–Kier alpha value is -0.830. The highest BCUT2D eigenvalue weighted by molar-refractivity contribution is 9.08. The van der Waals surface area contributed by atoms with Gasteiger partial charge in [0.05, 0.1) is 0 Å². The summed E-state index contributed by atoms with van der Waals surface area (Å²) in [5.74, 6) is 0.700. The van der Waals surface area contributed by atoms with Crippen molar-refractivity contribution < 1.29 is 4.79 Å². The molecule has 0 bridgehead atoms. The van der Waals surface area contributed by atoms with Crippen molar-refractivity contribution in [2.24, 2.45) is 5.92 Å². The maximum absolute atomic E-state index is 12.3. The number of halogens is 1. The molecule has 1 aromatic rings. The third-order valence-electron chi connectivity index (χ3n) is 4.34. The van der Waals surface area contributed by atoms with Gasteiger partial charge < -0.3 is 5.32 Å². The highest BCUT2D eigenvalue weighted by Crippen LogP contribution is 2.25. The summed E-state index contributed by atoms with van der Waals surface area (Å²) >= 11 is 3.42. The number of amides is 1. The first kappa shape index (κ1) is 15.6. The molecular weight excluding hydrogens is 314 g/mol. The average molecular weight is 338 g/mol. The number of rotatable bonds is 4. The normalized spacial score (nSPS) is 18.3. The highest BCUT2D eigenvalue weighted by atomic mass is 79.9. The Bertz CT molecular complexity index is 421. The van der Waals surface area contributed by atoms with E-state index in [9.17, 15) is 4.79 Å². The molecule has 0 aliphatic heterocycles. The first-order valence-electron chi connectivity index (χ1n) is 7.66. The van der Waals surface area contributed by atoms with E-state index >= 15 is 0 Å². The predicted molar refractivity (Wildman–Crippen MR) is 87.2 cm³/mol. The van der Waals surface area contributed by atoms with Crippen LogP contribution in [0.1, 0.15) is 61.4 Å². The van der Waals surface area contributed by atoms with Gasteiger partial charge in [0, 0.05) is 16.9 Å². The molecule has 2 rings (SSSR count). The van der Waals surface area contributed by atoms with Gasteiger partial charge in [-0.1, -0.05) is 53.7 Å². The lowest BCUT2D eigenvalue weighted by molar-refractivity contribution is 0.0924. The molecule has 110 valence electrons. The molecule has 20 heavy (non-hydrogen) atoms. The Labute approximate surface area is 130 Å². The SMILES string of the molecule is C[C@@H](NC(=O)c1ccc(CBr)cc1)C1CCCCCC1. The molecule has 1 aliphatic rings. The summed E-state index contributed by atoms with van der Waals surface area (Å²) in [4.78, 5) is 12.3. The van der Waals surface area contributed by atoms with Crippen LogP contribution in [-0.4, -0.2) is 11.9 Å². The number of alkyl halides is 1. The van der Waals surface area contributed by atoms with E-state index in [0.29, 0.717) is 5.92 Å². The number of hydrogen-bond donors (Lipinski definition) is 1. The zero-order chi connectivity index (χ0) is 14.4. The van der Waals surface area contributed by atoms with Gasteiger partial charge in [-0.3, -0.25) is 4.79 Å². The van der Waals surface area contributed by atoms with Crippen LogP contribution in [0.4, 0.5) is 0 Å². The molecule has 1 atom stereocenters. The van der Waals surface area contributed by atoms with E-state index < -0.39 is 0 Å². The van der Waals surface area contributed by atoms with Gasteiger partial charge in [0.2, 0.25) is 0 Å². The number of nitrogens with one attached hydrogen (secondary N) is 1.